The van der Waals surface area contributed by atoms with Gasteiger partial charge in [-0.3, -0.25) is 0 Å². The van der Waals surface area contributed by atoms with E-state index in [-0.39, 0.29) is 24.1 Å². The molecule has 11 heteroatoms. The summed E-state index contributed by atoms with van der Waals surface area (Å²) in [5, 5.41) is 24.1. The average molecular weight is 612 g/mol. The number of rotatable bonds is 17. The van der Waals surface area contributed by atoms with Gasteiger partial charge in [0.05, 0.1) is 31.7 Å². The zero-order chi connectivity index (χ0) is 28.5. The molecule has 0 atom stereocenters. The second-order valence-corrected chi connectivity index (χ2v) is 12.1. The normalized spacial score (nSPS) is 11.1. The minimum atomic E-state index is 0. The summed E-state index contributed by atoms with van der Waals surface area (Å²) >= 11 is 2.84. The van der Waals surface area contributed by atoms with Gasteiger partial charge in [-0.25, -0.2) is 0 Å². The van der Waals surface area contributed by atoms with E-state index in [9.17, 15) is 5.11 Å². The molecule has 0 fully saturated rings. The summed E-state index contributed by atoms with van der Waals surface area (Å²) in [6.07, 6.45) is 12.1. The van der Waals surface area contributed by atoms with Crippen LogP contribution < -0.4 is 18.1 Å². The van der Waals surface area contributed by atoms with Crippen LogP contribution in [0.5, 0.6) is 5.75 Å². The van der Waals surface area contributed by atoms with E-state index in [4.69, 9.17) is 5.73 Å². The van der Waals surface area contributed by atoms with Crippen LogP contribution in [0.4, 0.5) is 5.95 Å². The van der Waals surface area contributed by atoms with Gasteiger partial charge in [0, 0.05) is 5.75 Å². The standard InChI is InChI=1S/C16H36N.C13H14N6OS2.ClH/c1-5-9-13-17(14-10-6-2,15-11-7-3)16-12-8-4;1-2-7-21-12-15-11(14)19(18-12)13-17-16-10(22-13)8-5-3-4-6-9(8)20;/h5-16H2,1-4H3;3-6,20H,2,7H2,1H3,(H2,14,15,18);1H/q+1;;/p-1. The first-order chi connectivity index (χ1) is 18.9. The number of nitrogens with two attached hydrogens (primary N) is 1. The number of anilines is 1. The summed E-state index contributed by atoms with van der Waals surface area (Å²) in [5.74, 6) is 1.37. The number of hydrogen-bond acceptors (Lipinski definition) is 8. The second-order valence-electron chi connectivity index (χ2n) is 10.1. The van der Waals surface area contributed by atoms with Gasteiger partial charge >= 0.3 is 0 Å². The molecule has 2 heterocycles. The molecule has 0 unspecified atom stereocenters. The zero-order valence-electron chi connectivity index (χ0n) is 25.1. The Hall–Kier alpha value is -1.88. The van der Waals surface area contributed by atoms with Crippen molar-refractivity contribution < 1.29 is 22.0 Å². The lowest BCUT2D eigenvalue weighted by molar-refractivity contribution is -0.929. The van der Waals surface area contributed by atoms with Crippen molar-refractivity contribution in [1.29, 1.82) is 0 Å². The van der Waals surface area contributed by atoms with Crippen molar-refractivity contribution in [2.24, 2.45) is 0 Å². The first-order valence-electron chi connectivity index (χ1n) is 14.8. The van der Waals surface area contributed by atoms with Crippen molar-refractivity contribution in [1.82, 2.24) is 25.0 Å². The van der Waals surface area contributed by atoms with E-state index in [1.807, 2.05) is 6.07 Å². The number of hydrogen-bond donors (Lipinski definition) is 2. The minimum absolute atomic E-state index is 0. The van der Waals surface area contributed by atoms with E-state index in [0.717, 1.165) is 12.2 Å². The first-order valence-corrected chi connectivity index (χ1v) is 16.6. The Morgan fingerprint density at radius 3 is 1.90 bits per heavy atom. The molecule has 0 saturated heterocycles. The third-order valence-electron chi connectivity index (χ3n) is 6.72. The highest BCUT2D eigenvalue weighted by Crippen LogP contribution is 2.32. The topological polar surface area (TPSA) is 103 Å². The van der Waals surface area contributed by atoms with Crippen LogP contribution in [0.15, 0.2) is 29.4 Å². The van der Waals surface area contributed by atoms with Crippen molar-refractivity contribution in [3.8, 4) is 21.5 Å². The molecule has 0 spiro atoms. The fourth-order valence-corrected chi connectivity index (χ4v) is 5.93. The molecule has 3 aromatic rings. The van der Waals surface area contributed by atoms with Gasteiger partial charge in [0.25, 0.3) is 0 Å². The van der Waals surface area contributed by atoms with Gasteiger partial charge in [-0.1, -0.05) is 95.5 Å². The van der Waals surface area contributed by atoms with Gasteiger partial charge in [0.2, 0.25) is 16.2 Å². The fourth-order valence-electron chi connectivity index (χ4n) is 4.41. The minimum Gasteiger partial charge on any atom is -1.00 e. The van der Waals surface area contributed by atoms with E-state index in [2.05, 4.69) is 54.9 Å². The van der Waals surface area contributed by atoms with Crippen LogP contribution in [0.25, 0.3) is 15.7 Å². The van der Waals surface area contributed by atoms with Crippen LogP contribution in [0.3, 0.4) is 0 Å². The zero-order valence-corrected chi connectivity index (χ0v) is 27.5. The Morgan fingerprint density at radius 1 is 0.850 bits per heavy atom. The van der Waals surface area contributed by atoms with Gasteiger partial charge < -0.3 is 27.7 Å². The number of phenolic OH excluding ortho intramolecular Hbond substituents is 1. The molecule has 3 rings (SSSR count). The lowest BCUT2D eigenvalue weighted by Crippen LogP contribution is -3.00. The number of halogens is 1. The van der Waals surface area contributed by atoms with E-state index in [0.29, 0.717) is 20.9 Å². The molecule has 40 heavy (non-hydrogen) atoms. The van der Waals surface area contributed by atoms with Crippen LogP contribution >= 0.6 is 23.1 Å². The Kier molecular flexibility index (Phi) is 18.1. The van der Waals surface area contributed by atoms with Crippen LogP contribution in [0, 0.1) is 0 Å². The summed E-state index contributed by atoms with van der Waals surface area (Å²) in [7, 11) is 0. The molecule has 0 aliphatic carbocycles. The fraction of sp³-hybridized carbons (Fsp3) is 0.655. The Labute approximate surface area is 256 Å². The summed E-state index contributed by atoms with van der Waals surface area (Å²) in [4.78, 5) is 4.21. The van der Waals surface area contributed by atoms with Crippen molar-refractivity contribution >= 4 is 29.0 Å². The molecule has 8 nitrogen and oxygen atoms in total. The molecule has 226 valence electrons. The number of aromatic hydroxyl groups is 1. The number of aromatic nitrogens is 5. The first kappa shape index (κ1) is 36.1. The average Bonchev–Trinajstić information content (AvgIpc) is 3.58. The monoisotopic (exact) mass is 611 g/mol. The molecule has 0 aliphatic rings. The number of benzene rings is 1. The van der Waals surface area contributed by atoms with E-state index in [1.165, 1.54) is 98.0 Å². The van der Waals surface area contributed by atoms with E-state index >= 15 is 0 Å². The number of para-hydroxylation sites is 1. The lowest BCUT2D eigenvalue weighted by Gasteiger charge is -2.39. The van der Waals surface area contributed by atoms with Crippen LogP contribution in [0.2, 0.25) is 0 Å². The smallest absolute Gasteiger partial charge is 0.236 e. The Morgan fingerprint density at radius 2 is 1.40 bits per heavy atom. The number of nitrogens with zero attached hydrogens (tertiary/aromatic N) is 6. The number of nitrogen functional groups attached to an aromatic ring is 1. The molecular formula is C29H50ClN7OS2. The van der Waals surface area contributed by atoms with E-state index in [1.54, 1.807) is 30.0 Å². The summed E-state index contributed by atoms with van der Waals surface area (Å²) in [6, 6.07) is 6.99. The van der Waals surface area contributed by atoms with Crippen LogP contribution in [0.1, 0.15) is 92.4 Å². The molecule has 0 amide bonds. The molecule has 3 N–H and O–H groups in total. The van der Waals surface area contributed by atoms with Crippen molar-refractivity contribution in [3.63, 3.8) is 0 Å². The molecule has 1 aromatic carbocycles. The largest absolute Gasteiger partial charge is 1.00 e. The highest BCUT2D eigenvalue weighted by atomic mass is 35.5. The second kappa shape index (κ2) is 20.1. The summed E-state index contributed by atoms with van der Waals surface area (Å²) in [6.45, 7) is 17.1. The maximum atomic E-state index is 9.88. The van der Waals surface area contributed by atoms with Crippen molar-refractivity contribution in [2.75, 3.05) is 37.7 Å². The van der Waals surface area contributed by atoms with Gasteiger partial charge in [-0.2, -0.15) is 9.67 Å². The van der Waals surface area contributed by atoms with Crippen LogP contribution in [-0.2, 0) is 0 Å². The molecule has 0 bridgehead atoms. The van der Waals surface area contributed by atoms with Gasteiger partial charge in [-0.05, 0) is 44.2 Å². The van der Waals surface area contributed by atoms with Gasteiger partial charge in [-0.15, -0.1) is 15.3 Å². The quantitative estimate of drug-likeness (QED) is 0.170. The Balaban J connectivity index is 0.000000406. The number of unbranched alkanes of at least 4 members (excludes halogenated alkanes) is 4. The number of phenols is 1. The van der Waals surface area contributed by atoms with Crippen LogP contribution in [-0.4, -0.2) is 66.5 Å². The number of thioether (sulfide) groups is 1. The molecule has 0 radical (unpaired) electrons. The molecular weight excluding hydrogens is 562 g/mol. The van der Waals surface area contributed by atoms with Gasteiger partial charge in [0.1, 0.15) is 5.75 Å². The van der Waals surface area contributed by atoms with E-state index < -0.39 is 0 Å². The predicted molar refractivity (Wildman–Crippen MR) is 167 cm³/mol. The summed E-state index contributed by atoms with van der Waals surface area (Å²) < 4.78 is 2.89. The predicted octanol–water partition coefficient (Wildman–Crippen LogP) is 4.58. The maximum absolute atomic E-state index is 9.88. The maximum Gasteiger partial charge on any atom is 0.236 e. The highest BCUT2D eigenvalue weighted by Gasteiger charge is 2.24. The third-order valence-corrected chi connectivity index (χ3v) is 8.70. The third kappa shape index (κ3) is 11.5. The summed E-state index contributed by atoms with van der Waals surface area (Å²) in [5.41, 5.74) is 6.52. The SMILES string of the molecule is CCCC[N+](CCCC)(CCCC)CCCC.CCCSc1nc(N)n(-c2nnc(-c3ccccc3O)s2)n1.[Cl-]. The molecule has 2 aromatic heterocycles. The number of quaternary nitrogens is 1. The van der Waals surface area contributed by atoms with Crippen molar-refractivity contribution in [2.45, 2.75) is 97.6 Å². The Bertz CT molecular complexity index is 1040. The lowest BCUT2D eigenvalue weighted by atomic mass is 10.1. The molecule has 0 saturated carbocycles. The van der Waals surface area contributed by atoms with Gasteiger partial charge in [0.15, 0.2) is 5.01 Å². The molecule has 0 aliphatic heterocycles. The van der Waals surface area contributed by atoms with Crippen molar-refractivity contribution in [3.05, 3.63) is 24.3 Å². The highest BCUT2D eigenvalue weighted by molar-refractivity contribution is 7.99.